The SMILES string of the molecule is CC1=C(c2ccccc2)C2C3C=CC(C3)C12. The highest BCUT2D eigenvalue weighted by atomic mass is 14.6. The zero-order valence-electron chi connectivity index (χ0n) is 9.56. The van der Waals surface area contributed by atoms with Gasteiger partial charge in [0.25, 0.3) is 0 Å². The Bertz CT molecular complexity index is 492. The lowest BCUT2D eigenvalue weighted by molar-refractivity contribution is 0.391. The van der Waals surface area contributed by atoms with Gasteiger partial charge in [-0.05, 0) is 48.2 Å². The van der Waals surface area contributed by atoms with Gasteiger partial charge >= 0.3 is 0 Å². The summed E-state index contributed by atoms with van der Waals surface area (Å²) in [7, 11) is 0. The third-order valence-electron chi connectivity index (χ3n) is 4.80. The normalized spacial score (nSPS) is 38.8. The lowest BCUT2D eigenvalue weighted by Crippen LogP contribution is -2.32. The zero-order chi connectivity index (χ0) is 10.7. The molecule has 1 aromatic carbocycles. The quantitative estimate of drug-likeness (QED) is 0.614. The van der Waals surface area contributed by atoms with E-state index in [1.807, 2.05) is 0 Å². The summed E-state index contributed by atoms with van der Waals surface area (Å²) in [6.07, 6.45) is 6.32. The summed E-state index contributed by atoms with van der Waals surface area (Å²) in [6.45, 7) is 2.35. The van der Waals surface area contributed by atoms with E-state index in [0.29, 0.717) is 0 Å². The topological polar surface area (TPSA) is 0 Å². The average molecular weight is 208 g/mol. The Labute approximate surface area is 96.7 Å². The maximum Gasteiger partial charge on any atom is -0.00219 e. The minimum atomic E-state index is 0.842. The van der Waals surface area contributed by atoms with Crippen molar-refractivity contribution < 1.29 is 0 Å². The van der Waals surface area contributed by atoms with Crippen LogP contribution in [-0.4, -0.2) is 0 Å². The lowest BCUT2D eigenvalue weighted by Gasteiger charge is -2.42. The molecule has 16 heavy (non-hydrogen) atoms. The van der Waals surface area contributed by atoms with Crippen LogP contribution < -0.4 is 0 Å². The highest BCUT2D eigenvalue weighted by Crippen LogP contribution is 2.63. The highest BCUT2D eigenvalue weighted by Gasteiger charge is 2.53. The standard InChI is InChI=1S/C16H16/c1-10-14(11-5-3-2-4-6-11)16-13-8-7-12(9-13)15(10)16/h2-8,12-13,15-16H,9H2,1H3. The van der Waals surface area contributed by atoms with Crippen LogP contribution in [0.25, 0.3) is 5.57 Å². The van der Waals surface area contributed by atoms with Crippen molar-refractivity contribution in [2.24, 2.45) is 23.7 Å². The van der Waals surface area contributed by atoms with Gasteiger partial charge in [-0.2, -0.15) is 0 Å². The molecule has 80 valence electrons. The second kappa shape index (κ2) is 2.88. The van der Waals surface area contributed by atoms with Gasteiger partial charge in [-0.15, -0.1) is 0 Å². The lowest BCUT2D eigenvalue weighted by atomic mass is 9.62. The molecule has 0 heterocycles. The van der Waals surface area contributed by atoms with E-state index in [2.05, 4.69) is 49.4 Å². The first-order valence-corrected chi connectivity index (χ1v) is 6.30. The van der Waals surface area contributed by atoms with Crippen molar-refractivity contribution in [1.29, 1.82) is 0 Å². The molecule has 1 aromatic rings. The van der Waals surface area contributed by atoms with Gasteiger partial charge in [0.05, 0.1) is 0 Å². The maximum absolute atomic E-state index is 2.46. The van der Waals surface area contributed by atoms with Crippen molar-refractivity contribution in [2.75, 3.05) is 0 Å². The van der Waals surface area contributed by atoms with E-state index >= 15 is 0 Å². The van der Waals surface area contributed by atoms with Gasteiger partial charge in [0.1, 0.15) is 0 Å². The number of rotatable bonds is 1. The van der Waals surface area contributed by atoms with E-state index in [-0.39, 0.29) is 0 Å². The van der Waals surface area contributed by atoms with Crippen molar-refractivity contribution >= 4 is 5.57 Å². The molecule has 0 radical (unpaired) electrons. The Morgan fingerprint density at radius 3 is 2.38 bits per heavy atom. The van der Waals surface area contributed by atoms with Crippen LogP contribution in [-0.2, 0) is 0 Å². The van der Waals surface area contributed by atoms with E-state index in [1.54, 1.807) is 11.1 Å². The molecule has 1 fully saturated rings. The highest BCUT2D eigenvalue weighted by molar-refractivity contribution is 5.78. The van der Waals surface area contributed by atoms with Crippen LogP contribution in [0.15, 0.2) is 48.1 Å². The molecule has 3 aliphatic rings. The Morgan fingerprint density at radius 1 is 0.938 bits per heavy atom. The third kappa shape index (κ3) is 0.910. The molecule has 0 saturated heterocycles. The number of allylic oxidation sites excluding steroid dienone is 4. The number of hydrogen-bond acceptors (Lipinski definition) is 0. The first-order chi connectivity index (χ1) is 7.86. The molecule has 4 atom stereocenters. The van der Waals surface area contributed by atoms with Gasteiger partial charge in [0.2, 0.25) is 0 Å². The van der Waals surface area contributed by atoms with Crippen molar-refractivity contribution in [3.63, 3.8) is 0 Å². The van der Waals surface area contributed by atoms with E-state index in [9.17, 15) is 0 Å². The van der Waals surface area contributed by atoms with E-state index in [4.69, 9.17) is 0 Å². The van der Waals surface area contributed by atoms with Gasteiger partial charge in [-0.25, -0.2) is 0 Å². The molecule has 2 bridgehead atoms. The van der Waals surface area contributed by atoms with Crippen molar-refractivity contribution in [3.05, 3.63) is 53.6 Å². The second-order valence-electron chi connectivity index (χ2n) is 5.46. The van der Waals surface area contributed by atoms with Crippen molar-refractivity contribution in [2.45, 2.75) is 13.3 Å². The molecule has 1 saturated carbocycles. The number of benzene rings is 1. The summed E-state index contributed by atoms with van der Waals surface area (Å²) in [6, 6.07) is 11.0. The Morgan fingerprint density at radius 2 is 1.62 bits per heavy atom. The fourth-order valence-corrected chi connectivity index (χ4v) is 4.19. The molecule has 0 N–H and O–H groups in total. The molecule has 3 aliphatic carbocycles. The van der Waals surface area contributed by atoms with Gasteiger partial charge in [-0.3, -0.25) is 0 Å². The van der Waals surface area contributed by atoms with Gasteiger partial charge in [-0.1, -0.05) is 48.1 Å². The van der Waals surface area contributed by atoms with Crippen LogP contribution >= 0.6 is 0 Å². The first-order valence-electron chi connectivity index (χ1n) is 6.30. The summed E-state index contributed by atoms with van der Waals surface area (Å²) in [4.78, 5) is 0. The maximum atomic E-state index is 2.46. The molecule has 4 unspecified atom stereocenters. The predicted octanol–water partition coefficient (Wildman–Crippen LogP) is 3.91. The van der Waals surface area contributed by atoms with E-state index in [0.717, 1.165) is 23.7 Å². The largest absolute Gasteiger partial charge is 0.0845 e. The van der Waals surface area contributed by atoms with E-state index in [1.165, 1.54) is 12.0 Å². The van der Waals surface area contributed by atoms with Crippen LogP contribution in [0.3, 0.4) is 0 Å². The van der Waals surface area contributed by atoms with Crippen LogP contribution in [0, 0.1) is 23.7 Å². The summed E-state index contributed by atoms with van der Waals surface area (Å²) in [5.41, 5.74) is 4.78. The molecule has 0 heteroatoms. The molecular formula is C16H16. The molecule has 0 amide bonds. The Hall–Kier alpha value is -1.30. The summed E-state index contributed by atoms with van der Waals surface area (Å²) >= 11 is 0. The second-order valence-corrected chi connectivity index (χ2v) is 5.46. The Balaban J connectivity index is 1.80. The van der Waals surface area contributed by atoms with Crippen LogP contribution in [0.2, 0.25) is 0 Å². The third-order valence-corrected chi connectivity index (χ3v) is 4.80. The van der Waals surface area contributed by atoms with Crippen molar-refractivity contribution in [3.8, 4) is 0 Å². The average Bonchev–Trinajstić information content (AvgIpc) is 2.87. The molecular weight excluding hydrogens is 192 g/mol. The fourth-order valence-electron chi connectivity index (χ4n) is 4.19. The number of fused-ring (bicyclic) bond motifs is 5. The minimum Gasteiger partial charge on any atom is -0.0845 e. The number of hydrogen-bond donors (Lipinski definition) is 0. The molecule has 0 nitrogen and oxygen atoms in total. The monoisotopic (exact) mass is 208 g/mol. The first kappa shape index (κ1) is 8.81. The van der Waals surface area contributed by atoms with Crippen LogP contribution in [0.5, 0.6) is 0 Å². The predicted molar refractivity (Wildman–Crippen MR) is 66.8 cm³/mol. The van der Waals surface area contributed by atoms with Crippen molar-refractivity contribution in [1.82, 2.24) is 0 Å². The van der Waals surface area contributed by atoms with Crippen LogP contribution in [0.4, 0.5) is 0 Å². The van der Waals surface area contributed by atoms with Gasteiger partial charge in [0.15, 0.2) is 0 Å². The molecule has 4 rings (SSSR count). The minimum absolute atomic E-state index is 0.842. The Kier molecular flexibility index (Phi) is 1.59. The zero-order valence-corrected chi connectivity index (χ0v) is 9.56. The van der Waals surface area contributed by atoms with Gasteiger partial charge in [0, 0.05) is 0 Å². The molecule has 0 spiro atoms. The summed E-state index contributed by atoms with van der Waals surface area (Å²) < 4.78 is 0. The fraction of sp³-hybridized carbons (Fsp3) is 0.375. The molecule has 0 aromatic heterocycles. The summed E-state index contributed by atoms with van der Waals surface area (Å²) in [5, 5.41) is 0. The van der Waals surface area contributed by atoms with E-state index < -0.39 is 0 Å². The molecule has 0 aliphatic heterocycles. The smallest absolute Gasteiger partial charge is 0.00219 e. The summed E-state index contributed by atoms with van der Waals surface area (Å²) in [5.74, 6) is 3.43. The van der Waals surface area contributed by atoms with Gasteiger partial charge < -0.3 is 0 Å². The van der Waals surface area contributed by atoms with Crippen LogP contribution in [0.1, 0.15) is 18.9 Å².